The Kier molecular flexibility index (Phi) is 3.60. The zero-order chi connectivity index (χ0) is 11.4. The molecule has 1 aromatic carbocycles. The highest BCUT2D eigenvalue weighted by molar-refractivity contribution is 5.82. The maximum atomic E-state index is 11.4. The van der Waals surface area contributed by atoms with Crippen molar-refractivity contribution in [1.29, 1.82) is 0 Å². The van der Waals surface area contributed by atoms with Crippen LogP contribution in [0.25, 0.3) is 0 Å². The van der Waals surface area contributed by atoms with E-state index in [2.05, 4.69) is 0 Å². The number of carbonyl (C=O) groups is 1. The van der Waals surface area contributed by atoms with Crippen molar-refractivity contribution in [2.45, 2.75) is 32.6 Å². The van der Waals surface area contributed by atoms with Gasteiger partial charge in [-0.25, -0.2) is 0 Å². The van der Waals surface area contributed by atoms with Gasteiger partial charge in [-0.05, 0) is 37.8 Å². The van der Waals surface area contributed by atoms with E-state index >= 15 is 0 Å². The normalized spacial score (nSPS) is 20.1. The molecule has 0 aliphatic heterocycles. The number of rotatable bonds is 4. The molecule has 0 N–H and O–H groups in total. The van der Waals surface area contributed by atoms with E-state index < -0.39 is 0 Å². The van der Waals surface area contributed by atoms with Gasteiger partial charge in [0.25, 0.3) is 0 Å². The Hall–Kier alpha value is -1.31. The summed E-state index contributed by atoms with van der Waals surface area (Å²) >= 11 is 0. The summed E-state index contributed by atoms with van der Waals surface area (Å²) in [6.45, 7) is 2.69. The highest BCUT2D eigenvalue weighted by Crippen LogP contribution is 2.25. The molecule has 0 saturated heterocycles. The molecule has 1 unspecified atom stereocenters. The minimum atomic E-state index is 0.254. The SMILES string of the molecule is Cc1ccccc1OCCC1CCCC1=O. The minimum absolute atomic E-state index is 0.254. The molecule has 2 heteroatoms. The number of ketones is 1. The molecule has 0 spiro atoms. The maximum Gasteiger partial charge on any atom is 0.136 e. The molecule has 86 valence electrons. The van der Waals surface area contributed by atoms with Gasteiger partial charge in [0.1, 0.15) is 11.5 Å². The molecule has 1 fully saturated rings. The van der Waals surface area contributed by atoms with Gasteiger partial charge in [0, 0.05) is 12.3 Å². The fourth-order valence-electron chi connectivity index (χ4n) is 2.22. The van der Waals surface area contributed by atoms with E-state index in [1.807, 2.05) is 31.2 Å². The number of hydrogen-bond acceptors (Lipinski definition) is 2. The van der Waals surface area contributed by atoms with Crippen molar-refractivity contribution in [2.24, 2.45) is 5.92 Å². The Morgan fingerprint density at radius 3 is 2.88 bits per heavy atom. The van der Waals surface area contributed by atoms with Crippen LogP contribution in [-0.4, -0.2) is 12.4 Å². The summed E-state index contributed by atoms with van der Waals surface area (Å²) in [7, 11) is 0. The number of hydrogen-bond donors (Lipinski definition) is 0. The standard InChI is InChI=1S/C14H18O2/c1-11-5-2-3-8-14(11)16-10-9-12-6-4-7-13(12)15/h2-3,5,8,12H,4,6-7,9-10H2,1H3. The number of para-hydroxylation sites is 1. The van der Waals surface area contributed by atoms with Crippen molar-refractivity contribution in [3.8, 4) is 5.75 Å². The lowest BCUT2D eigenvalue weighted by Crippen LogP contribution is -2.11. The van der Waals surface area contributed by atoms with Gasteiger partial charge < -0.3 is 4.74 Å². The number of Topliss-reactive ketones (excluding diaryl/α,β-unsaturated/α-hetero) is 1. The van der Waals surface area contributed by atoms with Crippen LogP contribution in [0.4, 0.5) is 0 Å². The van der Waals surface area contributed by atoms with E-state index in [9.17, 15) is 4.79 Å². The fourth-order valence-corrected chi connectivity index (χ4v) is 2.22. The van der Waals surface area contributed by atoms with Crippen LogP contribution in [-0.2, 0) is 4.79 Å². The average molecular weight is 218 g/mol. The van der Waals surface area contributed by atoms with Gasteiger partial charge in [0.2, 0.25) is 0 Å². The van der Waals surface area contributed by atoms with Crippen LogP contribution in [0.2, 0.25) is 0 Å². The second-order valence-electron chi connectivity index (χ2n) is 4.46. The lowest BCUT2D eigenvalue weighted by atomic mass is 10.0. The van der Waals surface area contributed by atoms with Crippen LogP contribution in [0, 0.1) is 12.8 Å². The quantitative estimate of drug-likeness (QED) is 0.776. The van der Waals surface area contributed by atoms with Crippen LogP contribution < -0.4 is 4.74 Å². The monoisotopic (exact) mass is 218 g/mol. The molecule has 2 rings (SSSR count). The summed E-state index contributed by atoms with van der Waals surface area (Å²) in [5, 5.41) is 0. The number of carbonyl (C=O) groups excluding carboxylic acids is 1. The summed E-state index contributed by atoms with van der Waals surface area (Å²) in [5.41, 5.74) is 1.15. The maximum absolute atomic E-state index is 11.4. The first-order valence-corrected chi connectivity index (χ1v) is 5.98. The molecule has 0 heterocycles. The van der Waals surface area contributed by atoms with Crippen molar-refractivity contribution in [1.82, 2.24) is 0 Å². The molecule has 1 saturated carbocycles. The summed E-state index contributed by atoms with van der Waals surface area (Å²) in [5.74, 6) is 1.62. The van der Waals surface area contributed by atoms with Gasteiger partial charge in [-0.1, -0.05) is 18.2 Å². The van der Waals surface area contributed by atoms with E-state index in [0.29, 0.717) is 12.4 Å². The molecule has 0 radical (unpaired) electrons. The second-order valence-corrected chi connectivity index (χ2v) is 4.46. The van der Waals surface area contributed by atoms with Gasteiger partial charge in [-0.3, -0.25) is 4.79 Å². The molecule has 0 aromatic heterocycles. The summed E-state index contributed by atoms with van der Waals surface area (Å²) in [6.07, 6.45) is 3.76. The molecule has 1 atom stereocenters. The first-order chi connectivity index (χ1) is 7.77. The Morgan fingerprint density at radius 2 is 2.19 bits per heavy atom. The lowest BCUT2D eigenvalue weighted by molar-refractivity contribution is -0.121. The molecule has 2 nitrogen and oxygen atoms in total. The van der Waals surface area contributed by atoms with Gasteiger partial charge in [-0.2, -0.15) is 0 Å². The Balaban J connectivity index is 1.80. The van der Waals surface area contributed by atoms with Gasteiger partial charge in [0.05, 0.1) is 6.61 Å². The van der Waals surface area contributed by atoms with Crippen LogP contribution >= 0.6 is 0 Å². The number of benzene rings is 1. The zero-order valence-electron chi connectivity index (χ0n) is 9.74. The smallest absolute Gasteiger partial charge is 0.136 e. The summed E-state index contributed by atoms with van der Waals surface area (Å²) in [6, 6.07) is 7.99. The van der Waals surface area contributed by atoms with E-state index in [1.165, 1.54) is 0 Å². The van der Waals surface area contributed by atoms with Gasteiger partial charge in [0.15, 0.2) is 0 Å². The molecular weight excluding hydrogens is 200 g/mol. The summed E-state index contributed by atoms with van der Waals surface area (Å²) < 4.78 is 5.69. The highest BCUT2D eigenvalue weighted by atomic mass is 16.5. The fraction of sp³-hybridized carbons (Fsp3) is 0.500. The minimum Gasteiger partial charge on any atom is -0.493 e. The molecule has 0 bridgehead atoms. The first kappa shape index (κ1) is 11.2. The number of ether oxygens (including phenoxy) is 1. The van der Waals surface area contributed by atoms with E-state index in [-0.39, 0.29) is 5.92 Å². The third-order valence-corrected chi connectivity index (χ3v) is 3.25. The van der Waals surface area contributed by atoms with E-state index in [4.69, 9.17) is 4.74 Å². The van der Waals surface area contributed by atoms with Crippen molar-refractivity contribution in [3.63, 3.8) is 0 Å². The van der Waals surface area contributed by atoms with Gasteiger partial charge >= 0.3 is 0 Å². The Labute approximate surface area is 96.6 Å². The Morgan fingerprint density at radius 1 is 1.38 bits per heavy atom. The highest BCUT2D eigenvalue weighted by Gasteiger charge is 2.23. The summed E-state index contributed by atoms with van der Waals surface area (Å²) in [4.78, 5) is 11.4. The van der Waals surface area contributed by atoms with E-state index in [0.717, 1.165) is 37.0 Å². The number of aryl methyl sites for hydroxylation is 1. The predicted molar refractivity (Wildman–Crippen MR) is 63.6 cm³/mol. The third-order valence-electron chi connectivity index (χ3n) is 3.25. The van der Waals surface area contributed by atoms with Gasteiger partial charge in [-0.15, -0.1) is 0 Å². The second kappa shape index (κ2) is 5.15. The zero-order valence-corrected chi connectivity index (χ0v) is 9.74. The van der Waals surface area contributed by atoms with E-state index in [1.54, 1.807) is 0 Å². The van der Waals surface area contributed by atoms with Crippen LogP contribution in [0.1, 0.15) is 31.2 Å². The molecule has 1 aromatic rings. The lowest BCUT2D eigenvalue weighted by Gasteiger charge is -2.11. The predicted octanol–water partition coefficient (Wildman–Crippen LogP) is 3.13. The third kappa shape index (κ3) is 2.63. The topological polar surface area (TPSA) is 26.3 Å². The van der Waals surface area contributed by atoms with Crippen molar-refractivity contribution in [3.05, 3.63) is 29.8 Å². The largest absolute Gasteiger partial charge is 0.493 e. The Bertz CT molecular complexity index is 371. The molecule has 1 aliphatic carbocycles. The van der Waals surface area contributed by atoms with Crippen LogP contribution in [0.5, 0.6) is 5.75 Å². The molecular formula is C14H18O2. The van der Waals surface area contributed by atoms with Crippen molar-refractivity contribution in [2.75, 3.05) is 6.61 Å². The van der Waals surface area contributed by atoms with Crippen LogP contribution in [0.3, 0.4) is 0 Å². The molecule has 16 heavy (non-hydrogen) atoms. The molecule has 1 aliphatic rings. The van der Waals surface area contributed by atoms with Crippen molar-refractivity contribution >= 4 is 5.78 Å². The van der Waals surface area contributed by atoms with Crippen molar-refractivity contribution < 1.29 is 9.53 Å². The average Bonchev–Trinajstić information content (AvgIpc) is 2.67. The van der Waals surface area contributed by atoms with Crippen LogP contribution in [0.15, 0.2) is 24.3 Å². The first-order valence-electron chi connectivity index (χ1n) is 5.98. The molecule has 0 amide bonds.